The molecule has 0 unspecified atom stereocenters. The van der Waals surface area contributed by atoms with Crippen LogP contribution in [-0.4, -0.2) is 63.9 Å². The number of nitrogens with zero attached hydrogens (tertiary/aromatic N) is 7. The van der Waals surface area contributed by atoms with E-state index in [4.69, 9.17) is 0 Å². The summed E-state index contributed by atoms with van der Waals surface area (Å²) in [7, 11) is -3.52. The summed E-state index contributed by atoms with van der Waals surface area (Å²) in [5, 5.41) is 8.33. The average Bonchev–Trinajstić information content (AvgIpc) is 3.11. The Hall–Kier alpha value is -2.59. The zero-order chi connectivity index (χ0) is 19.9. The van der Waals surface area contributed by atoms with Crippen LogP contribution in [0.1, 0.15) is 18.1 Å². The summed E-state index contributed by atoms with van der Waals surface area (Å²) in [6.07, 6.45) is 1.51. The Morgan fingerprint density at radius 3 is 2.50 bits per heavy atom. The number of benzene rings is 1. The van der Waals surface area contributed by atoms with Crippen LogP contribution in [0.5, 0.6) is 0 Å². The summed E-state index contributed by atoms with van der Waals surface area (Å²) in [4.78, 5) is 11.1. The van der Waals surface area contributed by atoms with E-state index in [0.717, 1.165) is 11.1 Å². The first-order chi connectivity index (χ1) is 13.4. The van der Waals surface area contributed by atoms with Crippen LogP contribution in [0.4, 0.5) is 5.82 Å². The second-order valence-corrected chi connectivity index (χ2v) is 8.84. The minimum absolute atomic E-state index is 0.377. The number of aromatic nitrogens is 5. The van der Waals surface area contributed by atoms with Crippen LogP contribution >= 0.6 is 0 Å². The van der Waals surface area contributed by atoms with Gasteiger partial charge in [-0.25, -0.2) is 23.1 Å². The molecule has 1 fully saturated rings. The molecule has 0 atom stereocenters. The van der Waals surface area contributed by atoms with Crippen molar-refractivity contribution in [2.45, 2.75) is 32.2 Å². The van der Waals surface area contributed by atoms with Gasteiger partial charge in [-0.05, 0) is 32.4 Å². The molecule has 0 aliphatic carbocycles. The Labute approximate surface area is 164 Å². The molecule has 0 N–H and O–H groups in total. The number of anilines is 1. The number of hydrogen-bond acceptors (Lipinski definition) is 7. The molecule has 3 heterocycles. The smallest absolute Gasteiger partial charge is 0.243 e. The number of sulfonamides is 1. The number of rotatable bonds is 4. The molecule has 0 amide bonds. The van der Waals surface area contributed by atoms with Gasteiger partial charge in [0.05, 0.1) is 4.90 Å². The molecule has 1 aliphatic heterocycles. The van der Waals surface area contributed by atoms with E-state index in [0.29, 0.717) is 54.6 Å². The molecule has 0 bridgehead atoms. The van der Waals surface area contributed by atoms with Crippen molar-refractivity contribution in [3.8, 4) is 0 Å². The standard InChI is InChI=1S/C18H23N7O2S/c1-4-25-18-16(21-22-25)17(19-12-20-18)23-7-9-24(10-8-23)28(26,27)15-6-5-13(2)11-14(15)3/h5-6,11-12H,4,7-10H2,1-3H3. The molecular formula is C18H23N7O2S. The van der Waals surface area contributed by atoms with Gasteiger partial charge in [0, 0.05) is 32.7 Å². The molecule has 10 heteroatoms. The van der Waals surface area contributed by atoms with Crippen LogP contribution < -0.4 is 4.90 Å². The van der Waals surface area contributed by atoms with E-state index in [9.17, 15) is 8.42 Å². The van der Waals surface area contributed by atoms with Crippen LogP contribution in [0.2, 0.25) is 0 Å². The van der Waals surface area contributed by atoms with Crippen molar-refractivity contribution < 1.29 is 8.42 Å². The molecule has 1 saturated heterocycles. The van der Waals surface area contributed by atoms with Gasteiger partial charge in [-0.3, -0.25) is 0 Å². The summed E-state index contributed by atoms with van der Waals surface area (Å²) in [5.41, 5.74) is 3.16. The fourth-order valence-corrected chi connectivity index (χ4v) is 5.22. The molecule has 148 valence electrons. The van der Waals surface area contributed by atoms with Gasteiger partial charge in [0.25, 0.3) is 0 Å². The highest BCUT2D eigenvalue weighted by atomic mass is 32.2. The summed E-state index contributed by atoms with van der Waals surface area (Å²) >= 11 is 0. The largest absolute Gasteiger partial charge is 0.352 e. The third-order valence-electron chi connectivity index (χ3n) is 5.07. The molecule has 9 nitrogen and oxygen atoms in total. The summed E-state index contributed by atoms with van der Waals surface area (Å²) < 4.78 is 29.4. The Balaban J connectivity index is 1.56. The molecule has 0 radical (unpaired) electrons. The van der Waals surface area contributed by atoms with E-state index >= 15 is 0 Å². The number of piperazine rings is 1. The van der Waals surface area contributed by atoms with Crippen molar-refractivity contribution in [3.63, 3.8) is 0 Å². The third-order valence-corrected chi connectivity index (χ3v) is 7.13. The maximum absolute atomic E-state index is 13.1. The number of aryl methyl sites for hydroxylation is 3. The normalized spacial score (nSPS) is 16.0. The lowest BCUT2D eigenvalue weighted by molar-refractivity contribution is 0.384. The highest BCUT2D eigenvalue weighted by Crippen LogP contribution is 2.25. The van der Waals surface area contributed by atoms with E-state index in [-0.39, 0.29) is 0 Å². The Kier molecular flexibility index (Phi) is 4.76. The monoisotopic (exact) mass is 401 g/mol. The summed E-state index contributed by atoms with van der Waals surface area (Å²) in [6, 6.07) is 5.44. The predicted molar refractivity (Wildman–Crippen MR) is 106 cm³/mol. The molecule has 1 aromatic carbocycles. The Morgan fingerprint density at radius 1 is 1.07 bits per heavy atom. The molecule has 3 aromatic rings. The van der Waals surface area contributed by atoms with E-state index in [2.05, 4.69) is 20.3 Å². The zero-order valence-corrected chi connectivity index (χ0v) is 17.0. The van der Waals surface area contributed by atoms with Crippen molar-refractivity contribution in [2.24, 2.45) is 0 Å². The van der Waals surface area contributed by atoms with Gasteiger partial charge < -0.3 is 4.90 Å². The lowest BCUT2D eigenvalue weighted by Gasteiger charge is -2.34. The zero-order valence-electron chi connectivity index (χ0n) is 16.2. The first-order valence-corrected chi connectivity index (χ1v) is 10.7. The fraction of sp³-hybridized carbons (Fsp3) is 0.444. The highest BCUT2D eigenvalue weighted by Gasteiger charge is 2.31. The van der Waals surface area contributed by atoms with Gasteiger partial charge in [-0.15, -0.1) is 5.10 Å². The first-order valence-electron chi connectivity index (χ1n) is 9.28. The lowest BCUT2D eigenvalue weighted by Crippen LogP contribution is -2.49. The molecule has 2 aromatic heterocycles. The second kappa shape index (κ2) is 7.10. The van der Waals surface area contributed by atoms with E-state index < -0.39 is 10.0 Å². The average molecular weight is 401 g/mol. The molecule has 0 spiro atoms. The van der Waals surface area contributed by atoms with E-state index in [1.807, 2.05) is 37.8 Å². The minimum atomic E-state index is -3.52. The maximum Gasteiger partial charge on any atom is 0.243 e. The van der Waals surface area contributed by atoms with Crippen LogP contribution in [-0.2, 0) is 16.6 Å². The fourth-order valence-electron chi connectivity index (χ4n) is 3.59. The Bertz CT molecular complexity index is 1120. The van der Waals surface area contributed by atoms with Crippen molar-refractivity contribution >= 4 is 27.0 Å². The summed E-state index contributed by atoms with van der Waals surface area (Å²) in [5.74, 6) is 0.702. The number of hydrogen-bond donors (Lipinski definition) is 0. The van der Waals surface area contributed by atoms with Gasteiger partial charge in [0.2, 0.25) is 10.0 Å². The van der Waals surface area contributed by atoms with Crippen LogP contribution in [0, 0.1) is 13.8 Å². The second-order valence-electron chi connectivity index (χ2n) is 6.93. The van der Waals surface area contributed by atoms with Gasteiger partial charge >= 0.3 is 0 Å². The van der Waals surface area contributed by atoms with Crippen molar-refractivity contribution in [2.75, 3.05) is 31.1 Å². The SMILES string of the molecule is CCn1nnc2c(N3CCN(S(=O)(=O)c4ccc(C)cc4C)CC3)ncnc21. The van der Waals surface area contributed by atoms with Gasteiger partial charge in [0.1, 0.15) is 6.33 Å². The van der Waals surface area contributed by atoms with Crippen LogP contribution in [0.15, 0.2) is 29.4 Å². The van der Waals surface area contributed by atoms with Crippen molar-refractivity contribution in [3.05, 3.63) is 35.7 Å². The molecule has 1 aliphatic rings. The van der Waals surface area contributed by atoms with Gasteiger partial charge in [0.15, 0.2) is 17.0 Å². The molecular weight excluding hydrogens is 378 g/mol. The lowest BCUT2D eigenvalue weighted by atomic mass is 10.2. The quantitative estimate of drug-likeness (QED) is 0.651. The van der Waals surface area contributed by atoms with Gasteiger partial charge in [-0.1, -0.05) is 22.9 Å². The summed E-state index contributed by atoms with van der Waals surface area (Å²) in [6.45, 7) is 8.31. The third kappa shape index (κ3) is 3.12. The topological polar surface area (TPSA) is 97.1 Å². The molecule has 28 heavy (non-hydrogen) atoms. The minimum Gasteiger partial charge on any atom is -0.352 e. The van der Waals surface area contributed by atoms with Crippen LogP contribution in [0.25, 0.3) is 11.2 Å². The van der Waals surface area contributed by atoms with E-state index in [1.165, 1.54) is 6.33 Å². The molecule has 4 rings (SSSR count). The van der Waals surface area contributed by atoms with E-state index in [1.54, 1.807) is 15.1 Å². The molecule has 0 saturated carbocycles. The Morgan fingerprint density at radius 2 is 1.82 bits per heavy atom. The maximum atomic E-state index is 13.1. The first kappa shape index (κ1) is 18.8. The highest BCUT2D eigenvalue weighted by molar-refractivity contribution is 7.89. The number of fused-ring (bicyclic) bond motifs is 1. The predicted octanol–water partition coefficient (Wildman–Crippen LogP) is 1.37. The van der Waals surface area contributed by atoms with Crippen molar-refractivity contribution in [1.82, 2.24) is 29.3 Å². The van der Waals surface area contributed by atoms with Crippen LogP contribution in [0.3, 0.4) is 0 Å². The van der Waals surface area contributed by atoms with Crippen molar-refractivity contribution in [1.29, 1.82) is 0 Å². The van der Waals surface area contributed by atoms with Gasteiger partial charge in [-0.2, -0.15) is 4.31 Å².